The maximum absolute atomic E-state index is 12.2. The van der Waals surface area contributed by atoms with Gasteiger partial charge in [-0.25, -0.2) is 4.98 Å². The van der Waals surface area contributed by atoms with Crippen molar-refractivity contribution < 1.29 is 4.79 Å². The van der Waals surface area contributed by atoms with Crippen LogP contribution in [0, 0.1) is 0 Å². The van der Waals surface area contributed by atoms with Crippen molar-refractivity contribution in [1.29, 1.82) is 0 Å². The molecule has 1 aromatic rings. The number of anilines is 1. The Labute approximate surface area is 128 Å². The van der Waals surface area contributed by atoms with Crippen LogP contribution in [0.5, 0.6) is 0 Å². The molecule has 21 heavy (non-hydrogen) atoms. The second kappa shape index (κ2) is 9.34. The molecule has 0 atom stereocenters. The predicted molar refractivity (Wildman–Crippen MR) is 87.9 cm³/mol. The molecule has 0 aliphatic rings. The maximum Gasteiger partial charge on any atom is 0.251 e. The molecule has 0 unspecified atom stereocenters. The third-order valence-electron chi connectivity index (χ3n) is 3.38. The average Bonchev–Trinajstić information content (AvgIpc) is 2.52. The lowest BCUT2D eigenvalue weighted by Gasteiger charge is -2.14. The van der Waals surface area contributed by atoms with Gasteiger partial charge in [-0.05, 0) is 38.6 Å². The number of hydrogen-bond acceptors (Lipinski definition) is 4. The number of hydrogen-bond donors (Lipinski definition) is 2. The van der Waals surface area contributed by atoms with Crippen LogP contribution in [0.3, 0.4) is 0 Å². The smallest absolute Gasteiger partial charge is 0.251 e. The van der Waals surface area contributed by atoms with E-state index in [1.807, 2.05) is 26.1 Å². The minimum absolute atomic E-state index is 0.0313. The summed E-state index contributed by atoms with van der Waals surface area (Å²) in [6.07, 6.45) is 1.85. The van der Waals surface area contributed by atoms with Gasteiger partial charge in [-0.15, -0.1) is 0 Å². The number of amides is 1. The number of nitrogens with zero attached hydrogens (tertiary/aromatic N) is 2. The molecular formula is C16H28N4O. The number of likely N-dealkylation sites (N-methyl/N-ethyl adjacent to an activating group) is 1. The standard InChI is InChI=1S/C16H28N4O/c1-5-8-17-15-12-13(11-14(6-2)19-15)16(21)18-9-10-20(4)7-3/h11-12H,5-10H2,1-4H3,(H,17,19)(H,18,21). The van der Waals surface area contributed by atoms with Crippen LogP contribution in [0.25, 0.3) is 0 Å². The quantitative estimate of drug-likeness (QED) is 0.732. The van der Waals surface area contributed by atoms with E-state index in [0.717, 1.165) is 44.0 Å². The summed E-state index contributed by atoms with van der Waals surface area (Å²) in [6, 6.07) is 3.70. The minimum atomic E-state index is -0.0313. The van der Waals surface area contributed by atoms with Gasteiger partial charge in [0.15, 0.2) is 0 Å². The normalized spacial score (nSPS) is 10.7. The van der Waals surface area contributed by atoms with E-state index in [9.17, 15) is 4.79 Å². The molecule has 0 spiro atoms. The monoisotopic (exact) mass is 292 g/mol. The highest BCUT2D eigenvalue weighted by Crippen LogP contribution is 2.11. The Hall–Kier alpha value is -1.62. The van der Waals surface area contributed by atoms with E-state index in [2.05, 4.69) is 34.4 Å². The van der Waals surface area contributed by atoms with Crippen molar-refractivity contribution in [2.24, 2.45) is 0 Å². The second-order valence-corrected chi connectivity index (χ2v) is 5.16. The first-order valence-corrected chi connectivity index (χ1v) is 7.82. The molecule has 5 heteroatoms. The van der Waals surface area contributed by atoms with E-state index < -0.39 is 0 Å². The van der Waals surface area contributed by atoms with Crippen molar-refractivity contribution in [1.82, 2.24) is 15.2 Å². The highest BCUT2D eigenvalue weighted by atomic mass is 16.1. The van der Waals surface area contributed by atoms with Gasteiger partial charge in [-0.1, -0.05) is 20.8 Å². The summed E-state index contributed by atoms with van der Waals surface area (Å²) in [5, 5.41) is 6.21. The van der Waals surface area contributed by atoms with Gasteiger partial charge < -0.3 is 15.5 Å². The maximum atomic E-state index is 12.2. The second-order valence-electron chi connectivity index (χ2n) is 5.16. The van der Waals surface area contributed by atoms with Crippen LogP contribution < -0.4 is 10.6 Å². The lowest BCUT2D eigenvalue weighted by Crippen LogP contribution is -2.33. The van der Waals surface area contributed by atoms with Gasteiger partial charge in [0, 0.05) is 30.9 Å². The molecule has 1 amide bonds. The highest BCUT2D eigenvalue weighted by Gasteiger charge is 2.09. The Morgan fingerprint density at radius 1 is 1.24 bits per heavy atom. The molecule has 0 aromatic carbocycles. The predicted octanol–water partition coefficient (Wildman–Crippen LogP) is 2.15. The minimum Gasteiger partial charge on any atom is -0.370 e. The fourth-order valence-electron chi connectivity index (χ4n) is 1.86. The van der Waals surface area contributed by atoms with E-state index in [0.29, 0.717) is 12.1 Å². The van der Waals surface area contributed by atoms with Crippen molar-refractivity contribution in [3.63, 3.8) is 0 Å². The zero-order valence-corrected chi connectivity index (χ0v) is 13.7. The molecule has 0 aliphatic heterocycles. The number of aromatic nitrogens is 1. The molecule has 0 bridgehead atoms. The topological polar surface area (TPSA) is 57.3 Å². The summed E-state index contributed by atoms with van der Waals surface area (Å²) in [6.45, 7) is 9.61. The summed E-state index contributed by atoms with van der Waals surface area (Å²) in [4.78, 5) is 18.9. The van der Waals surface area contributed by atoms with E-state index in [4.69, 9.17) is 0 Å². The number of pyridine rings is 1. The van der Waals surface area contributed by atoms with Crippen molar-refractivity contribution in [3.05, 3.63) is 23.4 Å². The SMILES string of the molecule is CCCNc1cc(C(=O)NCCN(C)CC)cc(CC)n1. The zero-order valence-electron chi connectivity index (χ0n) is 13.7. The zero-order chi connectivity index (χ0) is 15.7. The lowest BCUT2D eigenvalue weighted by atomic mass is 10.2. The summed E-state index contributed by atoms with van der Waals surface area (Å²) in [7, 11) is 2.04. The summed E-state index contributed by atoms with van der Waals surface area (Å²) < 4.78 is 0. The molecule has 1 rings (SSSR count). The number of aryl methyl sites for hydroxylation is 1. The Morgan fingerprint density at radius 3 is 2.62 bits per heavy atom. The molecule has 5 nitrogen and oxygen atoms in total. The molecule has 1 heterocycles. The van der Waals surface area contributed by atoms with Gasteiger partial charge in [0.25, 0.3) is 5.91 Å². The third kappa shape index (κ3) is 6.12. The van der Waals surface area contributed by atoms with Gasteiger partial charge in [0.05, 0.1) is 0 Å². The van der Waals surface area contributed by atoms with Crippen LogP contribution in [0.15, 0.2) is 12.1 Å². The van der Waals surface area contributed by atoms with Gasteiger partial charge in [0.1, 0.15) is 5.82 Å². The summed E-state index contributed by atoms with van der Waals surface area (Å²) in [5.41, 5.74) is 1.62. The number of carbonyl (C=O) groups excluding carboxylic acids is 1. The van der Waals surface area contributed by atoms with Crippen LogP contribution >= 0.6 is 0 Å². The third-order valence-corrected chi connectivity index (χ3v) is 3.38. The van der Waals surface area contributed by atoms with Gasteiger partial charge in [-0.3, -0.25) is 4.79 Å². The molecule has 118 valence electrons. The fraction of sp³-hybridized carbons (Fsp3) is 0.625. The lowest BCUT2D eigenvalue weighted by molar-refractivity contribution is 0.0950. The van der Waals surface area contributed by atoms with Crippen molar-refractivity contribution in [2.75, 3.05) is 38.5 Å². The average molecular weight is 292 g/mol. The Bertz CT molecular complexity index is 448. The van der Waals surface area contributed by atoms with Crippen molar-refractivity contribution >= 4 is 11.7 Å². The van der Waals surface area contributed by atoms with Gasteiger partial charge in [-0.2, -0.15) is 0 Å². The number of rotatable bonds is 9. The molecular weight excluding hydrogens is 264 g/mol. The molecule has 1 aromatic heterocycles. The van der Waals surface area contributed by atoms with E-state index in [1.165, 1.54) is 0 Å². The summed E-state index contributed by atoms with van der Waals surface area (Å²) in [5.74, 6) is 0.753. The van der Waals surface area contributed by atoms with Crippen LogP contribution in [0.4, 0.5) is 5.82 Å². The highest BCUT2D eigenvalue weighted by molar-refractivity contribution is 5.95. The number of carbonyl (C=O) groups is 1. The first kappa shape index (κ1) is 17.4. The molecule has 0 radical (unpaired) electrons. The van der Waals surface area contributed by atoms with Crippen LogP contribution in [-0.2, 0) is 6.42 Å². The Balaban J connectivity index is 2.68. The largest absolute Gasteiger partial charge is 0.370 e. The molecule has 0 aliphatic carbocycles. The molecule has 2 N–H and O–H groups in total. The Kier molecular flexibility index (Phi) is 7.75. The Morgan fingerprint density at radius 2 is 2.00 bits per heavy atom. The molecule has 0 saturated carbocycles. The number of nitrogens with one attached hydrogen (secondary N) is 2. The first-order valence-electron chi connectivity index (χ1n) is 7.82. The van der Waals surface area contributed by atoms with Crippen LogP contribution in [0.1, 0.15) is 43.2 Å². The van der Waals surface area contributed by atoms with Gasteiger partial charge >= 0.3 is 0 Å². The van der Waals surface area contributed by atoms with Crippen molar-refractivity contribution in [3.8, 4) is 0 Å². The first-order chi connectivity index (χ1) is 10.1. The van der Waals surface area contributed by atoms with E-state index in [1.54, 1.807) is 0 Å². The van der Waals surface area contributed by atoms with Gasteiger partial charge in [0.2, 0.25) is 0 Å². The molecule has 0 fully saturated rings. The summed E-state index contributed by atoms with van der Waals surface area (Å²) >= 11 is 0. The van der Waals surface area contributed by atoms with Crippen LogP contribution in [0.2, 0.25) is 0 Å². The van der Waals surface area contributed by atoms with Crippen LogP contribution in [-0.4, -0.2) is 49.0 Å². The molecule has 0 saturated heterocycles. The fourth-order valence-corrected chi connectivity index (χ4v) is 1.86. The van der Waals surface area contributed by atoms with Crippen molar-refractivity contribution in [2.45, 2.75) is 33.6 Å². The van der Waals surface area contributed by atoms with E-state index in [-0.39, 0.29) is 5.91 Å². The van der Waals surface area contributed by atoms with E-state index >= 15 is 0 Å².